The molecule has 4 nitrogen and oxygen atoms in total. The predicted molar refractivity (Wildman–Crippen MR) is 56.7 cm³/mol. The van der Waals surface area contributed by atoms with Crippen molar-refractivity contribution in [2.24, 2.45) is 0 Å². The van der Waals surface area contributed by atoms with Gasteiger partial charge in [0, 0.05) is 0 Å². The number of rotatable bonds is 4. The summed E-state index contributed by atoms with van der Waals surface area (Å²) in [6, 6.07) is 6.20. The molecule has 0 heterocycles. The predicted octanol–water partition coefficient (Wildman–Crippen LogP) is 1.84. The van der Waals surface area contributed by atoms with Crippen molar-refractivity contribution in [1.82, 2.24) is 5.32 Å². The van der Waals surface area contributed by atoms with Gasteiger partial charge >= 0.3 is 12.3 Å². The van der Waals surface area contributed by atoms with Gasteiger partial charge in [-0.1, -0.05) is 30.3 Å². The SMILES string of the molecule is O=C(NC(CO)C(F)(F)F)OCc1ccccc1. The number of alkyl carbamates (subject to hydrolysis) is 1. The zero-order chi connectivity index (χ0) is 13.6. The fourth-order valence-electron chi connectivity index (χ4n) is 1.14. The van der Waals surface area contributed by atoms with E-state index in [0.717, 1.165) is 0 Å². The Morgan fingerprint density at radius 3 is 2.44 bits per heavy atom. The van der Waals surface area contributed by atoms with E-state index >= 15 is 0 Å². The van der Waals surface area contributed by atoms with E-state index < -0.39 is 24.9 Å². The highest BCUT2D eigenvalue weighted by Crippen LogP contribution is 2.19. The molecule has 100 valence electrons. The van der Waals surface area contributed by atoms with E-state index in [2.05, 4.69) is 4.74 Å². The van der Waals surface area contributed by atoms with Crippen LogP contribution in [0.25, 0.3) is 0 Å². The summed E-state index contributed by atoms with van der Waals surface area (Å²) in [5, 5.41) is 10.0. The van der Waals surface area contributed by atoms with Gasteiger partial charge in [-0.3, -0.25) is 0 Å². The Kier molecular flexibility index (Phi) is 4.96. The van der Waals surface area contributed by atoms with Gasteiger partial charge in [0.25, 0.3) is 0 Å². The van der Waals surface area contributed by atoms with Crippen LogP contribution in [0.1, 0.15) is 5.56 Å². The second-order valence-corrected chi connectivity index (χ2v) is 3.48. The summed E-state index contributed by atoms with van der Waals surface area (Å²) < 4.78 is 41.2. The van der Waals surface area contributed by atoms with Gasteiger partial charge in [-0.05, 0) is 5.56 Å². The molecule has 0 saturated carbocycles. The van der Waals surface area contributed by atoms with E-state index in [-0.39, 0.29) is 6.61 Å². The summed E-state index contributed by atoms with van der Waals surface area (Å²) in [7, 11) is 0. The number of nitrogens with one attached hydrogen (secondary N) is 1. The molecule has 1 unspecified atom stereocenters. The molecule has 1 amide bonds. The van der Waals surface area contributed by atoms with E-state index in [1.54, 1.807) is 35.6 Å². The van der Waals surface area contributed by atoms with Crippen molar-refractivity contribution in [2.45, 2.75) is 18.8 Å². The lowest BCUT2D eigenvalue weighted by Gasteiger charge is -2.18. The van der Waals surface area contributed by atoms with Crippen LogP contribution >= 0.6 is 0 Å². The highest BCUT2D eigenvalue weighted by molar-refractivity contribution is 5.67. The van der Waals surface area contributed by atoms with Gasteiger partial charge in [0.2, 0.25) is 0 Å². The molecular weight excluding hydrogens is 251 g/mol. The number of hydrogen-bond acceptors (Lipinski definition) is 3. The van der Waals surface area contributed by atoms with Crippen molar-refractivity contribution in [2.75, 3.05) is 6.61 Å². The Balaban J connectivity index is 2.42. The van der Waals surface area contributed by atoms with Gasteiger partial charge in [0.1, 0.15) is 6.61 Å². The molecule has 1 aromatic rings. The van der Waals surface area contributed by atoms with Crippen LogP contribution in [0.4, 0.5) is 18.0 Å². The summed E-state index contributed by atoms with van der Waals surface area (Å²) in [5.74, 6) is 0. The third-order valence-corrected chi connectivity index (χ3v) is 2.08. The molecule has 0 aliphatic carbocycles. The van der Waals surface area contributed by atoms with Gasteiger partial charge in [0.05, 0.1) is 6.61 Å². The van der Waals surface area contributed by atoms with Crippen LogP contribution in [0.5, 0.6) is 0 Å². The van der Waals surface area contributed by atoms with Crippen molar-refractivity contribution in [1.29, 1.82) is 0 Å². The average molecular weight is 263 g/mol. The quantitative estimate of drug-likeness (QED) is 0.871. The Hall–Kier alpha value is -1.76. The summed E-state index contributed by atoms with van der Waals surface area (Å²) in [4.78, 5) is 11.1. The first-order chi connectivity index (χ1) is 8.43. The minimum atomic E-state index is -4.71. The van der Waals surface area contributed by atoms with Crippen LogP contribution in [-0.4, -0.2) is 30.0 Å². The first-order valence-corrected chi connectivity index (χ1v) is 5.08. The Morgan fingerprint density at radius 2 is 1.94 bits per heavy atom. The molecule has 1 atom stereocenters. The van der Waals surface area contributed by atoms with Gasteiger partial charge in [-0.15, -0.1) is 0 Å². The monoisotopic (exact) mass is 263 g/mol. The topological polar surface area (TPSA) is 58.6 Å². The third-order valence-electron chi connectivity index (χ3n) is 2.08. The Bertz CT molecular complexity index is 381. The van der Waals surface area contributed by atoms with Crippen molar-refractivity contribution in [3.05, 3.63) is 35.9 Å². The molecular formula is C11H12F3NO3. The van der Waals surface area contributed by atoms with Crippen molar-refractivity contribution in [3.63, 3.8) is 0 Å². The zero-order valence-corrected chi connectivity index (χ0v) is 9.28. The van der Waals surface area contributed by atoms with Crippen LogP contribution in [0.15, 0.2) is 30.3 Å². The molecule has 0 aliphatic rings. The number of halogens is 3. The maximum Gasteiger partial charge on any atom is 0.410 e. The number of hydrogen-bond donors (Lipinski definition) is 2. The number of aliphatic hydroxyl groups excluding tert-OH is 1. The molecule has 0 aromatic heterocycles. The van der Waals surface area contributed by atoms with Gasteiger partial charge in [-0.25, -0.2) is 4.79 Å². The number of aliphatic hydroxyl groups is 1. The van der Waals surface area contributed by atoms with Crippen molar-refractivity contribution in [3.8, 4) is 0 Å². The molecule has 2 N–H and O–H groups in total. The number of alkyl halides is 3. The van der Waals surface area contributed by atoms with Crippen LogP contribution in [0.2, 0.25) is 0 Å². The highest BCUT2D eigenvalue weighted by atomic mass is 19.4. The molecule has 1 aromatic carbocycles. The largest absolute Gasteiger partial charge is 0.445 e. The molecule has 18 heavy (non-hydrogen) atoms. The Labute approximate surface area is 101 Å². The maximum atomic E-state index is 12.2. The number of carbonyl (C=O) groups is 1. The van der Waals surface area contributed by atoms with E-state index in [1.807, 2.05) is 0 Å². The normalized spacial score (nSPS) is 12.9. The zero-order valence-electron chi connectivity index (χ0n) is 9.28. The van der Waals surface area contributed by atoms with Crippen LogP contribution in [0.3, 0.4) is 0 Å². The summed E-state index contributed by atoms with van der Waals surface area (Å²) in [5.41, 5.74) is 0.653. The van der Waals surface area contributed by atoms with Gasteiger partial charge < -0.3 is 15.2 Å². The first kappa shape index (κ1) is 14.3. The lowest BCUT2D eigenvalue weighted by molar-refractivity contribution is -0.162. The number of amides is 1. The lowest BCUT2D eigenvalue weighted by atomic mass is 10.2. The second-order valence-electron chi connectivity index (χ2n) is 3.48. The number of ether oxygens (including phenoxy) is 1. The standard InChI is InChI=1S/C11H12F3NO3/c12-11(13,14)9(6-16)15-10(17)18-7-8-4-2-1-3-5-8/h1-5,9,16H,6-7H2,(H,15,17). The Morgan fingerprint density at radius 1 is 1.33 bits per heavy atom. The molecule has 0 fully saturated rings. The third kappa shape index (κ3) is 4.62. The number of benzene rings is 1. The molecule has 0 saturated heterocycles. The minimum absolute atomic E-state index is 0.136. The fraction of sp³-hybridized carbons (Fsp3) is 0.364. The van der Waals surface area contributed by atoms with Crippen molar-refractivity contribution >= 4 is 6.09 Å². The van der Waals surface area contributed by atoms with Gasteiger partial charge in [-0.2, -0.15) is 13.2 Å². The summed E-state index contributed by atoms with van der Waals surface area (Å²) >= 11 is 0. The molecule has 0 bridgehead atoms. The lowest BCUT2D eigenvalue weighted by Crippen LogP contribution is -2.47. The minimum Gasteiger partial charge on any atom is -0.445 e. The van der Waals surface area contributed by atoms with Crippen LogP contribution in [0, 0.1) is 0 Å². The van der Waals surface area contributed by atoms with E-state index in [4.69, 9.17) is 5.11 Å². The summed E-state index contributed by atoms with van der Waals surface area (Å²) in [6.07, 6.45) is -5.93. The molecule has 1 rings (SSSR count). The fourth-order valence-corrected chi connectivity index (χ4v) is 1.14. The first-order valence-electron chi connectivity index (χ1n) is 5.08. The van der Waals surface area contributed by atoms with Crippen LogP contribution < -0.4 is 5.32 Å². The van der Waals surface area contributed by atoms with E-state index in [0.29, 0.717) is 5.56 Å². The molecule has 0 spiro atoms. The van der Waals surface area contributed by atoms with Crippen LogP contribution in [-0.2, 0) is 11.3 Å². The average Bonchev–Trinajstić information content (AvgIpc) is 2.33. The molecule has 0 radical (unpaired) electrons. The smallest absolute Gasteiger partial charge is 0.410 e. The van der Waals surface area contributed by atoms with Gasteiger partial charge in [0.15, 0.2) is 6.04 Å². The van der Waals surface area contributed by atoms with Crippen molar-refractivity contribution < 1.29 is 27.8 Å². The van der Waals surface area contributed by atoms with E-state index in [9.17, 15) is 18.0 Å². The molecule has 0 aliphatic heterocycles. The highest BCUT2D eigenvalue weighted by Gasteiger charge is 2.40. The van der Waals surface area contributed by atoms with E-state index in [1.165, 1.54) is 0 Å². The second kappa shape index (κ2) is 6.25. The summed E-state index contributed by atoms with van der Waals surface area (Å²) in [6.45, 7) is -1.37. The molecule has 7 heteroatoms. The maximum absolute atomic E-state index is 12.2. The number of carbonyl (C=O) groups excluding carboxylic acids is 1.